The Kier molecular flexibility index (Phi) is 6.87. The van der Waals surface area contributed by atoms with Crippen LogP contribution in [0.4, 0.5) is 0 Å². The van der Waals surface area contributed by atoms with Gasteiger partial charge in [0.25, 0.3) is 0 Å². The van der Waals surface area contributed by atoms with Crippen LogP contribution < -0.4 is 0 Å². The van der Waals surface area contributed by atoms with E-state index >= 15 is 0 Å². The van der Waals surface area contributed by atoms with Gasteiger partial charge in [-0.1, -0.05) is 27.2 Å². The average molecular weight is 186 g/mol. The van der Waals surface area contributed by atoms with E-state index in [4.69, 9.17) is 0 Å². The summed E-state index contributed by atoms with van der Waals surface area (Å²) < 4.78 is 0. The lowest BCUT2D eigenvalue weighted by Gasteiger charge is -2.12. The molecule has 0 aliphatic heterocycles. The molecule has 0 bridgehead atoms. The van der Waals surface area contributed by atoms with Crippen LogP contribution >= 0.6 is 0 Å². The Balaban J connectivity index is 3.50. The van der Waals surface area contributed by atoms with Crippen molar-refractivity contribution in [3.8, 4) is 0 Å². The lowest BCUT2D eigenvalue weighted by Crippen LogP contribution is -2.13. The van der Waals surface area contributed by atoms with Crippen molar-refractivity contribution in [2.45, 2.75) is 59.0 Å². The molecule has 0 fully saturated rings. The van der Waals surface area contributed by atoms with Crippen molar-refractivity contribution in [1.29, 1.82) is 0 Å². The van der Waals surface area contributed by atoms with Gasteiger partial charge in [0.05, 0.1) is 6.10 Å². The summed E-state index contributed by atoms with van der Waals surface area (Å²) in [6.07, 6.45) is 3.40. The SMILES string of the molecule is CCC(=O)CC(O)CCC(C)CC. The van der Waals surface area contributed by atoms with Crippen molar-refractivity contribution >= 4 is 5.78 Å². The van der Waals surface area contributed by atoms with E-state index in [2.05, 4.69) is 13.8 Å². The maximum Gasteiger partial charge on any atom is 0.135 e. The first kappa shape index (κ1) is 12.6. The van der Waals surface area contributed by atoms with Gasteiger partial charge in [-0.15, -0.1) is 0 Å². The Morgan fingerprint density at radius 3 is 2.38 bits per heavy atom. The van der Waals surface area contributed by atoms with Crippen LogP contribution in [0.3, 0.4) is 0 Å². The number of Topliss-reactive ketones (excluding diaryl/α,β-unsaturated/α-hetero) is 1. The Hall–Kier alpha value is -0.370. The molecular weight excluding hydrogens is 164 g/mol. The van der Waals surface area contributed by atoms with Gasteiger partial charge in [-0.3, -0.25) is 4.79 Å². The van der Waals surface area contributed by atoms with E-state index < -0.39 is 6.10 Å². The lowest BCUT2D eigenvalue weighted by atomic mass is 9.98. The molecule has 1 N–H and O–H groups in total. The van der Waals surface area contributed by atoms with Crippen molar-refractivity contribution < 1.29 is 9.90 Å². The van der Waals surface area contributed by atoms with Gasteiger partial charge < -0.3 is 5.11 Å². The van der Waals surface area contributed by atoms with Crippen molar-refractivity contribution in [3.05, 3.63) is 0 Å². The van der Waals surface area contributed by atoms with Crippen molar-refractivity contribution in [3.63, 3.8) is 0 Å². The number of aliphatic hydroxyl groups is 1. The lowest BCUT2D eigenvalue weighted by molar-refractivity contribution is -0.120. The Morgan fingerprint density at radius 1 is 1.31 bits per heavy atom. The molecule has 0 aliphatic rings. The molecule has 2 unspecified atom stereocenters. The summed E-state index contributed by atoms with van der Waals surface area (Å²) in [5, 5.41) is 9.47. The van der Waals surface area contributed by atoms with Gasteiger partial charge in [-0.25, -0.2) is 0 Å². The molecule has 2 nitrogen and oxygen atoms in total. The second kappa shape index (κ2) is 7.07. The second-order valence-corrected chi connectivity index (χ2v) is 3.84. The first-order chi connectivity index (χ1) is 6.10. The van der Waals surface area contributed by atoms with E-state index in [1.54, 1.807) is 0 Å². The van der Waals surface area contributed by atoms with Gasteiger partial charge >= 0.3 is 0 Å². The van der Waals surface area contributed by atoms with Crippen LogP contribution in [-0.4, -0.2) is 17.0 Å². The number of hydrogen-bond donors (Lipinski definition) is 1. The molecule has 0 heterocycles. The summed E-state index contributed by atoms with van der Waals surface area (Å²) in [4.78, 5) is 11.0. The summed E-state index contributed by atoms with van der Waals surface area (Å²) in [7, 11) is 0. The fraction of sp³-hybridized carbons (Fsp3) is 0.909. The van der Waals surface area contributed by atoms with Crippen molar-refractivity contribution in [1.82, 2.24) is 0 Å². The van der Waals surface area contributed by atoms with E-state index in [1.807, 2.05) is 6.92 Å². The van der Waals surface area contributed by atoms with E-state index in [9.17, 15) is 9.90 Å². The van der Waals surface area contributed by atoms with Gasteiger partial charge in [0, 0.05) is 12.8 Å². The van der Waals surface area contributed by atoms with Crippen LogP contribution in [0.15, 0.2) is 0 Å². The smallest absolute Gasteiger partial charge is 0.135 e. The fourth-order valence-corrected chi connectivity index (χ4v) is 1.19. The molecule has 78 valence electrons. The van der Waals surface area contributed by atoms with E-state index in [0.717, 1.165) is 19.3 Å². The molecule has 0 aliphatic carbocycles. The molecule has 0 amide bonds. The van der Waals surface area contributed by atoms with Crippen LogP contribution in [0.1, 0.15) is 52.9 Å². The molecule has 0 spiro atoms. The number of aliphatic hydroxyl groups excluding tert-OH is 1. The minimum atomic E-state index is -0.415. The summed E-state index contributed by atoms with van der Waals surface area (Å²) in [5.41, 5.74) is 0. The number of rotatable bonds is 7. The zero-order valence-corrected chi connectivity index (χ0v) is 9.05. The first-order valence-electron chi connectivity index (χ1n) is 5.29. The summed E-state index contributed by atoms with van der Waals surface area (Å²) in [6.45, 7) is 6.16. The molecule has 0 aromatic heterocycles. The number of carbonyl (C=O) groups is 1. The molecule has 0 aromatic carbocycles. The summed E-state index contributed by atoms with van der Waals surface area (Å²) >= 11 is 0. The topological polar surface area (TPSA) is 37.3 Å². The molecule has 2 atom stereocenters. The van der Waals surface area contributed by atoms with Crippen LogP contribution in [0, 0.1) is 5.92 Å². The van der Waals surface area contributed by atoms with Gasteiger partial charge in [-0.05, 0) is 18.8 Å². The predicted molar refractivity (Wildman–Crippen MR) is 54.6 cm³/mol. The average Bonchev–Trinajstić information content (AvgIpc) is 2.13. The Labute approximate surface area is 81.3 Å². The Bertz CT molecular complexity index is 143. The third-order valence-electron chi connectivity index (χ3n) is 2.55. The van der Waals surface area contributed by atoms with Gasteiger partial charge in [-0.2, -0.15) is 0 Å². The molecule has 0 radical (unpaired) electrons. The zero-order chi connectivity index (χ0) is 10.3. The maximum atomic E-state index is 11.0. The third kappa shape index (κ3) is 6.76. The zero-order valence-electron chi connectivity index (χ0n) is 9.05. The number of ketones is 1. The predicted octanol–water partition coefficient (Wildman–Crippen LogP) is 2.54. The monoisotopic (exact) mass is 186 g/mol. The van der Waals surface area contributed by atoms with Crippen LogP contribution in [0.25, 0.3) is 0 Å². The van der Waals surface area contributed by atoms with Gasteiger partial charge in [0.15, 0.2) is 0 Å². The molecule has 0 saturated carbocycles. The molecule has 0 aromatic rings. The highest BCUT2D eigenvalue weighted by molar-refractivity contribution is 5.78. The minimum absolute atomic E-state index is 0.164. The molecular formula is C11H22O2. The molecule has 13 heavy (non-hydrogen) atoms. The van der Waals surface area contributed by atoms with Gasteiger partial charge in [0.2, 0.25) is 0 Å². The molecule has 0 rings (SSSR count). The first-order valence-corrected chi connectivity index (χ1v) is 5.29. The molecule has 0 saturated heterocycles. The standard InChI is InChI=1S/C11H22O2/c1-4-9(3)6-7-11(13)8-10(12)5-2/h9,11,13H,4-8H2,1-3H3. The van der Waals surface area contributed by atoms with Gasteiger partial charge in [0.1, 0.15) is 5.78 Å². The Morgan fingerprint density at radius 2 is 1.92 bits per heavy atom. The largest absolute Gasteiger partial charge is 0.393 e. The van der Waals surface area contributed by atoms with Crippen molar-refractivity contribution in [2.75, 3.05) is 0 Å². The minimum Gasteiger partial charge on any atom is -0.393 e. The number of hydrogen-bond acceptors (Lipinski definition) is 2. The van der Waals surface area contributed by atoms with E-state index in [-0.39, 0.29) is 5.78 Å². The van der Waals surface area contributed by atoms with Crippen LogP contribution in [0.5, 0.6) is 0 Å². The van der Waals surface area contributed by atoms with Crippen LogP contribution in [0.2, 0.25) is 0 Å². The molecule has 2 heteroatoms. The maximum absolute atomic E-state index is 11.0. The van der Waals surface area contributed by atoms with E-state index in [1.165, 1.54) is 0 Å². The van der Waals surface area contributed by atoms with E-state index in [0.29, 0.717) is 18.8 Å². The second-order valence-electron chi connectivity index (χ2n) is 3.84. The van der Waals surface area contributed by atoms with Crippen LogP contribution in [-0.2, 0) is 4.79 Å². The quantitative estimate of drug-likeness (QED) is 0.663. The highest BCUT2D eigenvalue weighted by atomic mass is 16.3. The normalized spacial score (nSPS) is 15.4. The highest BCUT2D eigenvalue weighted by Gasteiger charge is 2.10. The highest BCUT2D eigenvalue weighted by Crippen LogP contribution is 2.13. The summed E-state index contributed by atoms with van der Waals surface area (Å²) in [5.74, 6) is 0.822. The van der Waals surface area contributed by atoms with Crippen molar-refractivity contribution in [2.24, 2.45) is 5.92 Å². The summed E-state index contributed by atoms with van der Waals surface area (Å²) in [6, 6.07) is 0. The number of carbonyl (C=O) groups excluding carboxylic acids is 1. The fourth-order valence-electron chi connectivity index (χ4n) is 1.19. The third-order valence-corrected chi connectivity index (χ3v) is 2.55.